The van der Waals surface area contributed by atoms with Crippen LogP contribution in [0.15, 0.2) is 12.3 Å². The zero-order valence-corrected chi connectivity index (χ0v) is 12.6. The molecule has 1 aliphatic heterocycles. The van der Waals surface area contributed by atoms with Crippen LogP contribution in [0, 0.1) is 0 Å². The molecule has 2 heterocycles. The van der Waals surface area contributed by atoms with Crippen molar-refractivity contribution in [3.63, 3.8) is 0 Å². The summed E-state index contributed by atoms with van der Waals surface area (Å²) in [6, 6.07) is 1.98. The second-order valence-electron chi connectivity index (χ2n) is 6.29. The summed E-state index contributed by atoms with van der Waals surface area (Å²) in [6.45, 7) is 5.90. The number of ether oxygens (including phenoxy) is 1. The molecule has 2 aliphatic rings. The average Bonchev–Trinajstić information content (AvgIpc) is 3.06. The molecule has 0 radical (unpaired) electrons. The highest BCUT2D eigenvalue weighted by atomic mass is 16.5. The van der Waals surface area contributed by atoms with Gasteiger partial charge in [-0.15, -0.1) is 0 Å². The van der Waals surface area contributed by atoms with Crippen LogP contribution in [0.1, 0.15) is 45.1 Å². The Morgan fingerprint density at radius 2 is 2.05 bits per heavy atom. The third kappa shape index (κ3) is 2.57. The molecule has 5 nitrogen and oxygen atoms in total. The molecule has 0 atom stereocenters. The number of pyridine rings is 1. The van der Waals surface area contributed by atoms with Crippen molar-refractivity contribution >= 4 is 11.7 Å². The normalized spacial score (nSPS) is 19.9. The van der Waals surface area contributed by atoms with E-state index in [1.54, 1.807) is 0 Å². The lowest BCUT2D eigenvalue weighted by Crippen LogP contribution is -2.24. The molecule has 3 rings (SSSR count). The van der Waals surface area contributed by atoms with E-state index in [0.717, 1.165) is 24.3 Å². The smallest absolute Gasteiger partial charge is 0.314 e. The fourth-order valence-electron chi connectivity index (χ4n) is 2.97. The van der Waals surface area contributed by atoms with E-state index in [-0.39, 0.29) is 6.10 Å². The number of anilines is 1. The van der Waals surface area contributed by atoms with Crippen molar-refractivity contribution in [3.05, 3.63) is 17.8 Å². The Kier molecular flexibility index (Phi) is 3.51. The van der Waals surface area contributed by atoms with Gasteiger partial charge in [-0.05, 0) is 45.6 Å². The Morgan fingerprint density at radius 1 is 1.38 bits per heavy atom. The van der Waals surface area contributed by atoms with E-state index >= 15 is 0 Å². The molecule has 0 bridgehead atoms. The molecule has 1 aromatic rings. The van der Waals surface area contributed by atoms with Crippen LogP contribution in [0.2, 0.25) is 0 Å². The lowest BCUT2D eigenvalue weighted by molar-refractivity contribution is -0.140. The number of nitrogens with zero attached hydrogens (tertiary/aromatic N) is 2. The van der Waals surface area contributed by atoms with Gasteiger partial charge in [0.05, 0.1) is 23.4 Å². The summed E-state index contributed by atoms with van der Waals surface area (Å²) in [6.07, 6.45) is 5.50. The molecule has 21 heavy (non-hydrogen) atoms. The van der Waals surface area contributed by atoms with Gasteiger partial charge in [-0.3, -0.25) is 4.79 Å². The molecule has 0 spiro atoms. The van der Waals surface area contributed by atoms with Crippen LogP contribution in [0.4, 0.5) is 5.69 Å². The van der Waals surface area contributed by atoms with Gasteiger partial charge in [0.1, 0.15) is 0 Å². The molecule has 2 fully saturated rings. The highest BCUT2D eigenvalue weighted by molar-refractivity contribution is 5.86. The topological polar surface area (TPSA) is 62.7 Å². The zero-order valence-electron chi connectivity index (χ0n) is 12.6. The quantitative estimate of drug-likeness (QED) is 0.903. The number of hydrogen-bond acceptors (Lipinski definition) is 4. The second kappa shape index (κ2) is 5.20. The van der Waals surface area contributed by atoms with Gasteiger partial charge < -0.3 is 14.7 Å². The fourth-order valence-corrected chi connectivity index (χ4v) is 2.97. The number of rotatable bonds is 5. The van der Waals surface area contributed by atoms with Gasteiger partial charge in [-0.25, -0.2) is 4.98 Å². The van der Waals surface area contributed by atoms with Crippen molar-refractivity contribution in [2.45, 2.75) is 51.0 Å². The van der Waals surface area contributed by atoms with Crippen LogP contribution in [0.3, 0.4) is 0 Å². The van der Waals surface area contributed by atoms with Gasteiger partial charge in [0.25, 0.3) is 0 Å². The molecule has 5 heteroatoms. The minimum atomic E-state index is -0.785. The minimum Gasteiger partial charge on any atom is -0.481 e. The van der Waals surface area contributed by atoms with Crippen molar-refractivity contribution in [3.8, 4) is 5.88 Å². The summed E-state index contributed by atoms with van der Waals surface area (Å²) >= 11 is 0. The summed E-state index contributed by atoms with van der Waals surface area (Å²) in [4.78, 5) is 18.4. The molecule has 0 aromatic carbocycles. The van der Waals surface area contributed by atoms with Crippen LogP contribution in [0.25, 0.3) is 0 Å². The Morgan fingerprint density at radius 3 is 2.57 bits per heavy atom. The number of aromatic nitrogens is 1. The van der Waals surface area contributed by atoms with Gasteiger partial charge in [-0.1, -0.05) is 0 Å². The lowest BCUT2D eigenvalue weighted by Gasteiger charge is -2.22. The molecule has 1 saturated carbocycles. The summed E-state index contributed by atoms with van der Waals surface area (Å²) in [5.74, 6) is -0.288. The fraction of sp³-hybridized carbons (Fsp3) is 0.625. The van der Waals surface area contributed by atoms with Crippen molar-refractivity contribution in [2.24, 2.45) is 0 Å². The molecule has 0 amide bonds. The van der Waals surface area contributed by atoms with Gasteiger partial charge in [-0.2, -0.15) is 0 Å². The highest BCUT2D eigenvalue weighted by Gasteiger charge is 2.54. The number of carboxylic acids is 1. The van der Waals surface area contributed by atoms with Crippen LogP contribution < -0.4 is 9.64 Å². The summed E-state index contributed by atoms with van der Waals surface area (Å²) in [5.41, 5.74) is 0.978. The monoisotopic (exact) mass is 290 g/mol. The molecule has 1 N–H and O–H groups in total. The van der Waals surface area contributed by atoms with E-state index in [9.17, 15) is 9.90 Å². The van der Waals surface area contributed by atoms with Gasteiger partial charge in [0, 0.05) is 18.7 Å². The molecule has 0 unspecified atom stereocenters. The van der Waals surface area contributed by atoms with Crippen LogP contribution in [-0.2, 0) is 10.2 Å². The standard InChI is InChI=1S/C16H22N2O3/c1-11(2)21-14-13(16(5-6-16)15(19)20)9-12(10-17-14)18-7-3-4-8-18/h9-11H,3-8H2,1-2H3,(H,19,20). The van der Waals surface area contributed by atoms with E-state index in [2.05, 4.69) is 9.88 Å². The van der Waals surface area contributed by atoms with Crippen LogP contribution in [-0.4, -0.2) is 35.3 Å². The van der Waals surface area contributed by atoms with E-state index in [1.165, 1.54) is 12.8 Å². The minimum absolute atomic E-state index is 0.0153. The van der Waals surface area contributed by atoms with Crippen molar-refractivity contribution < 1.29 is 14.6 Å². The Balaban J connectivity index is 1.99. The maximum absolute atomic E-state index is 11.7. The Labute approximate surface area is 124 Å². The predicted octanol–water partition coefficient (Wildman–Crippen LogP) is 2.59. The Hall–Kier alpha value is -1.78. The number of carboxylic acid groups (broad SMARTS) is 1. The first kappa shape index (κ1) is 14.2. The summed E-state index contributed by atoms with van der Waals surface area (Å²) < 4.78 is 5.75. The van der Waals surface area contributed by atoms with Gasteiger partial charge >= 0.3 is 5.97 Å². The van der Waals surface area contributed by atoms with Crippen LogP contribution in [0.5, 0.6) is 5.88 Å². The van der Waals surface area contributed by atoms with Crippen molar-refractivity contribution in [1.29, 1.82) is 0 Å². The molecule has 1 aliphatic carbocycles. The third-order valence-corrected chi connectivity index (χ3v) is 4.33. The highest BCUT2D eigenvalue weighted by Crippen LogP contribution is 2.52. The first-order valence-corrected chi connectivity index (χ1v) is 7.68. The maximum Gasteiger partial charge on any atom is 0.314 e. The molecule has 114 valence electrons. The zero-order chi connectivity index (χ0) is 15.0. The number of hydrogen-bond donors (Lipinski definition) is 1. The lowest BCUT2D eigenvalue weighted by atomic mass is 9.96. The maximum atomic E-state index is 11.7. The predicted molar refractivity (Wildman–Crippen MR) is 80.0 cm³/mol. The van der Waals surface area contributed by atoms with E-state index in [4.69, 9.17) is 4.74 Å². The Bertz CT molecular complexity index is 546. The SMILES string of the molecule is CC(C)Oc1ncc(N2CCCC2)cc1C1(C(=O)O)CC1. The molecular weight excluding hydrogens is 268 g/mol. The average molecular weight is 290 g/mol. The molecular formula is C16H22N2O3. The number of carbonyl (C=O) groups is 1. The van der Waals surface area contributed by atoms with E-state index in [0.29, 0.717) is 18.7 Å². The summed E-state index contributed by atoms with van der Waals surface area (Å²) in [5, 5.41) is 9.58. The van der Waals surface area contributed by atoms with Gasteiger partial charge in [0.2, 0.25) is 5.88 Å². The van der Waals surface area contributed by atoms with Crippen molar-refractivity contribution in [1.82, 2.24) is 4.98 Å². The van der Waals surface area contributed by atoms with Gasteiger partial charge in [0.15, 0.2) is 0 Å². The van der Waals surface area contributed by atoms with E-state index < -0.39 is 11.4 Å². The second-order valence-corrected chi connectivity index (χ2v) is 6.29. The molecule has 1 aromatic heterocycles. The van der Waals surface area contributed by atoms with E-state index in [1.807, 2.05) is 26.1 Å². The largest absolute Gasteiger partial charge is 0.481 e. The van der Waals surface area contributed by atoms with Crippen LogP contribution >= 0.6 is 0 Å². The first-order valence-electron chi connectivity index (χ1n) is 7.68. The molecule has 1 saturated heterocycles. The first-order chi connectivity index (χ1) is 10.0. The third-order valence-electron chi connectivity index (χ3n) is 4.33. The summed E-state index contributed by atoms with van der Waals surface area (Å²) in [7, 11) is 0. The number of aliphatic carboxylic acids is 1. The van der Waals surface area contributed by atoms with Crippen molar-refractivity contribution in [2.75, 3.05) is 18.0 Å².